The molecule has 0 aromatic heterocycles. The maximum absolute atomic E-state index is 13.2. The van der Waals surface area contributed by atoms with Crippen molar-refractivity contribution < 1.29 is 17.5 Å². The zero-order valence-electron chi connectivity index (χ0n) is 11.5. The number of rotatable bonds is 3. The molecule has 0 amide bonds. The Hall–Kier alpha value is -0.400. The molecule has 0 bridgehead atoms. The van der Waals surface area contributed by atoms with E-state index < -0.39 is 21.8 Å². The minimum atomic E-state index is -3.13. The van der Waals surface area contributed by atoms with E-state index >= 15 is 0 Å². The first-order valence-corrected chi connectivity index (χ1v) is 8.75. The standard InChI is InChI=1S/C13H17ClFNO3S.ClH/c1-20(17,18)8-10-7-16-4-5-19-13(10)9-2-3-12(15)11(14)6-9;/h2-3,6,10,13,16H,4-5,7-8H2,1H3;1H. The van der Waals surface area contributed by atoms with Gasteiger partial charge >= 0.3 is 0 Å². The molecule has 1 aromatic rings. The van der Waals surface area contributed by atoms with E-state index in [1.54, 1.807) is 6.07 Å². The highest BCUT2D eigenvalue weighted by molar-refractivity contribution is 7.90. The molecule has 1 aliphatic heterocycles. The Bertz CT molecular complexity index is 583. The molecule has 0 spiro atoms. The maximum Gasteiger partial charge on any atom is 0.147 e. The highest BCUT2D eigenvalue weighted by Gasteiger charge is 2.29. The Morgan fingerprint density at radius 3 is 2.81 bits per heavy atom. The quantitative estimate of drug-likeness (QED) is 0.900. The topological polar surface area (TPSA) is 55.4 Å². The van der Waals surface area contributed by atoms with Crippen LogP contribution in [-0.4, -0.2) is 40.1 Å². The summed E-state index contributed by atoms with van der Waals surface area (Å²) in [5.41, 5.74) is 0.703. The predicted octanol–water partition coefficient (Wildman–Crippen LogP) is 2.22. The number of nitrogens with one attached hydrogen (secondary N) is 1. The summed E-state index contributed by atoms with van der Waals surface area (Å²) in [5.74, 6) is -0.713. The lowest BCUT2D eigenvalue weighted by Gasteiger charge is -2.24. The van der Waals surface area contributed by atoms with Crippen molar-refractivity contribution in [1.29, 1.82) is 0 Å². The van der Waals surface area contributed by atoms with Crippen LogP contribution in [0.5, 0.6) is 0 Å². The van der Waals surface area contributed by atoms with Crippen LogP contribution < -0.4 is 5.32 Å². The predicted molar refractivity (Wildman–Crippen MR) is 83.4 cm³/mol. The molecular weight excluding hydrogens is 340 g/mol. The molecule has 1 N–H and O–H groups in total. The van der Waals surface area contributed by atoms with Crippen LogP contribution >= 0.6 is 24.0 Å². The van der Waals surface area contributed by atoms with E-state index in [4.69, 9.17) is 16.3 Å². The van der Waals surface area contributed by atoms with Gasteiger partial charge in [-0.05, 0) is 17.7 Å². The molecule has 1 saturated heterocycles. The van der Waals surface area contributed by atoms with E-state index in [9.17, 15) is 12.8 Å². The van der Waals surface area contributed by atoms with E-state index in [1.807, 2.05) is 0 Å². The molecule has 120 valence electrons. The van der Waals surface area contributed by atoms with Crippen molar-refractivity contribution >= 4 is 33.8 Å². The summed E-state index contributed by atoms with van der Waals surface area (Å²) < 4.78 is 42.0. The Morgan fingerprint density at radius 2 is 2.19 bits per heavy atom. The third kappa shape index (κ3) is 5.38. The molecule has 1 aromatic carbocycles. The minimum absolute atomic E-state index is 0. The molecule has 8 heteroatoms. The molecule has 21 heavy (non-hydrogen) atoms. The van der Waals surface area contributed by atoms with Crippen molar-refractivity contribution in [3.63, 3.8) is 0 Å². The first kappa shape index (κ1) is 18.6. The average Bonchev–Trinajstić information content (AvgIpc) is 2.56. The Kier molecular flexibility index (Phi) is 6.87. The van der Waals surface area contributed by atoms with Crippen LogP contribution in [0.25, 0.3) is 0 Å². The number of hydrogen-bond donors (Lipinski definition) is 1. The molecule has 1 heterocycles. The van der Waals surface area contributed by atoms with Gasteiger partial charge in [0.1, 0.15) is 15.7 Å². The third-order valence-electron chi connectivity index (χ3n) is 3.20. The van der Waals surface area contributed by atoms with Crippen molar-refractivity contribution in [2.45, 2.75) is 6.10 Å². The highest BCUT2D eigenvalue weighted by atomic mass is 35.5. The molecular formula is C13H18Cl2FNO3S. The molecule has 4 nitrogen and oxygen atoms in total. The van der Waals surface area contributed by atoms with Gasteiger partial charge in [-0.25, -0.2) is 12.8 Å². The molecule has 2 rings (SSSR count). The largest absolute Gasteiger partial charge is 0.372 e. The monoisotopic (exact) mass is 357 g/mol. The van der Waals surface area contributed by atoms with Crippen LogP contribution in [0, 0.1) is 11.7 Å². The molecule has 2 atom stereocenters. The second-order valence-electron chi connectivity index (χ2n) is 5.02. The van der Waals surface area contributed by atoms with E-state index in [1.165, 1.54) is 18.4 Å². The fourth-order valence-electron chi connectivity index (χ4n) is 2.38. The lowest BCUT2D eigenvalue weighted by Crippen LogP contribution is -2.30. The number of sulfone groups is 1. The van der Waals surface area contributed by atoms with E-state index in [-0.39, 0.29) is 29.1 Å². The highest BCUT2D eigenvalue weighted by Crippen LogP contribution is 2.30. The van der Waals surface area contributed by atoms with Gasteiger partial charge in [0.25, 0.3) is 0 Å². The van der Waals surface area contributed by atoms with E-state index in [2.05, 4.69) is 5.32 Å². The van der Waals surface area contributed by atoms with E-state index in [0.29, 0.717) is 25.3 Å². The van der Waals surface area contributed by atoms with Gasteiger partial charge in [0, 0.05) is 25.3 Å². The van der Waals surface area contributed by atoms with Gasteiger partial charge in [-0.15, -0.1) is 12.4 Å². The van der Waals surface area contributed by atoms with Gasteiger partial charge in [-0.3, -0.25) is 0 Å². The Labute approximate surface area is 135 Å². The van der Waals surface area contributed by atoms with Gasteiger partial charge in [0.15, 0.2) is 0 Å². The van der Waals surface area contributed by atoms with Crippen LogP contribution in [0.4, 0.5) is 4.39 Å². The zero-order chi connectivity index (χ0) is 14.8. The first-order valence-electron chi connectivity index (χ1n) is 6.32. The average molecular weight is 358 g/mol. The van der Waals surface area contributed by atoms with Crippen LogP contribution in [0.3, 0.4) is 0 Å². The second-order valence-corrected chi connectivity index (χ2v) is 7.61. The third-order valence-corrected chi connectivity index (χ3v) is 4.52. The van der Waals surface area contributed by atoms with Gasteiger partial charge in [-0.2, -0.15) is 0 Å². The summed E-state index contributed by atoms with van der Waals surface area (Å²) in [5, 5.41) is 3.16. The van der Waals surface area contributed by atoms with Crippen LogP contribution in [-0.2, 0) is 14.6 Å². The number of ether oxygens (including phenoxy) is 1. The Morgan fingerprint density at radius 1 is 1.48 bits per heavy atom. The second kappa shape index (κ2) is 7.74. The summed E-state index contributed by atoms with van der Waals surface area (Å²) in [6.07, 6.45) is 0.796. The van der Waals surface area contributed by atoms with Gasteiger partial charge in [0.2, 0.25) is 0 Å². The molecule has 0 radical (unpaired) electrons. The van der Waals surface area contributed by atoms with Gasteiger partial charge in [-0.1, -0.05) is 17.7 Å². The summed E-state index contributed by atoms with van der Waals surface area (Å²) in [6.45, 7) is 1.67. The maximum atomic E-state index is 13.2. The molecule has 1 aliphatic rings. The first-order chi connectivity index (χ1) is 9.37. The zero-order valence-corrected chi connectivity index (χ0v) is 13.9. The fourth-order valence-corrected chi connectivity index (χ4v) is 3.64. The summed E-state index contributed by atoms with van der Waals surface area (Å²) in [7, 11) is -3.13. The number of halogens is 3. The van der Waals surface area contributed by atoms with Crippen molar-refractivity contribution in [1.82, 2.24) is 5.32 Å². The van der Waals surface area contributed by atoms with E-state index in [0.717, 1.165) is 0 Å². The van der Waals surface area contributed by atoms with Crippen LogP contribution in [0.2, 0.25) is 5.02 Å². The van der Waals surface area contributed by atoms with Crippen molar-refractivity contribution in [3.8, 4) is 0 Å². The lowest BCUT2D eigenvalue weighted by atomic mass is 9.97. The normalized spacial score (nSPS) is 23.2. The SMILES string of the molecule is CS(=O)(=O)CC1CNCCOC1c1ccc(F)c(Cl)c1.Cl. The molecule has 2 unspecified atom stereocenters. The summed E-state index contributed by atoms with van der Waals surface area (Å²) in [4.78, 5) is 0. The van der Waals surface area contributed by atoms with Crippen molar-refractivity contribution in [2.75, 3.05) is 31.7 Å². The number of benzene rings is 1. The van der Waals surface area contributed by atoms with Crippen LogP contribution in [0.15, 0.2) is 18.2 Å². The number of hydrogen-bond acceptors (Lipinski definition) is 4. The summed E-state index contributed by atoms with van der Waals surface area (Å²) in [6, 6.07) is 4.37. The molecule has 0 aliphatic carbocycles. The fraction of sp³-hybridized carbons (Fsp3) is 0.538. The van der Waals surface area contributed by atoms with Crippen molar-refractivity contribution in [2.24, 2.45) is 5.92 Å². The smallest absolute Gasteiger partial charge is 0.147 e. The lowest BCUT2D eigenvalue weighted by molar-refractivity contribution is 0.0369. The molecule has 0 saturated carbocycles. The van der Waals surface area contributed by atoms with Gasteiger partial charge < -0.3 is 10.1 Å². The minimum Gasteiger partial charge on any atom is -0.372 e. The molecule has 1 fully saturated rings. The Balaban J connectivity index is 0.00000220. The van der Waals surface area contributed by atoms with Crippen molar-refractivity contribution in [3.05, 3.63) is 34.6 Å². The summed E-state index contributed by atoms with van der Waals surface area (Å²) >= 11 is 5.79. The van der Waals surface area contributed by atoms with Crippen LogP contribution in [0.1, 0.15) is 11.7 Å². The van der Waals surface area contributed by atoms with Gasteiger partial charge in [0.05, 0.1) is 23.5 Å².